The molecule has 2 aromatic carbocycles. The number of likely N-dealkylation sites (N-methyl/N-ethyl adjacent to an activating group) is 2. The summed E-state index contributed by atoms with van der Waals surface area (Å²) in [6, 6.07) is 19.1. The zero-order chi connectivity index (χ0) is 22.8. The third-order valence-corrected chi connectivity index (χ3v) is 7.64. The van der Waals surface area contributed by atoms with Gasteiger partial charge in [0.25, 0.3) is 0 Å². The lowest BCUT2D eigenvalue weighted by Crippen LogP contribution is -2.39. The van der Waals surface area contributed by atoms with Crippen molar-refractivity contribution in [1.29, 1.82) is 0 Å². The van der Waals surface area contributed by atoms with Gasteiger partial charge in [-0.05, 0) is 93.2 Å². The zero-order valence-electron chi connectivity index (χ0n) is 20.1. The third kappa shape index (κ3) is 4.87. The van der Waals surface area contributed by atoms with Crippen molar-refractivity contribution in [3.8, 4) is 0 Å². The minimum Gasteiger partial charge on any atom is -0.464 e. The van der Waals surface area contributed by atoms with Gasteiger partial charge in [-0.3, -0.25) is 4.90 Å². The number of hydrogen-bond acceptors (Lipinski definition) is 4. The first-order valence-electron chi connectivity index (χ1n) is 12.5. The van der Waals surface area contributed by atoms with Gasteiger partial charge in [0.05, 0.1) is 12.5 Å². The van der Waals surface area contributed by atoms with E-state index in [1.807, 2.05) is 0 Å². The molecule has 1 fully saturated rings. The van der Waals surface area contributed by atoms with Crippen molar-refractivity contribution < 1.29 is 8.83 Å². The Bertz CT molecular complexity index is 1190. The second-order valence-corrected chi connectivity index (χ2v) is 9.82. The van der Waals surface area contributed by atoms with Crippen LogP contribution in [0.4, 0.5) is 0 Å². The summed E-state index contributed by atoms with van der Waals surface area (Å²) in [5.41, 5.74) is 4.74. The van der Waals surface area contributed by atoms with Gasteiger partial charge in [0.2, 0.25) is 0 Å². The molecule has 2 aromatic heterocycles. The minimum atomic E-state index is 0.496. The van der Waals surface area contributed by atoms with Gasteiger partial charge >= 0.3 is 0 Å². The second kappa shape index (κ2) is 9.74. The maximum Gasteiger partial charge on any atom is 0.133 e. The van der Waals surface area contributed by atoms with Gasteiger partial charge in [0, 0.05) is 28.9 Å². The normalized spacial score (nSPS) is 20.0. The van der Waals surface area contributed by atoms with E-state index in [0.29, 0.717) is 24.0 Å². The standard InChI is InChI=1S/C29H36N2O2/c1-4-5-6-24(17-20-7-9-28-22(15-20)11-13-32-28)31(3)27-19-25(27)26(30-2)18-21-8-10-29-23(16-21)12-14-33-29/h7-16,24-27,30H,4-6,17-19H2,1-3H3. The van der Waals surface area contributed by atoms with Gasteiger partial charge < -0.3 is 14.2 Å². The minimum absolute atomic E-state index is 0.496. The van der Waals surface area contributed by atoms with E-state index in [-0.39, 0.29) is 0 Å². The Labute approximate surface area is 196 Å². The molecule has 4 atom stereocenters. The molecule has 0 saturated heterocycles. The molecule has 4 unspecified atom stereocenters. The SMILES string of the molecule is CCCCC(Cc1ccc2occc2c1)N(C)C1CC1C(Cc1ccc2occc2c1)NC. The van der Waals surface area contributed by atoms with Gasteiger partial charge in [0.15, 0.2) is 0 Å². The molecule has 1 aliphatic rings. The fraction of sp³-hybridized carbons (Fsp3) is 0.448. The van der Waals surface area contributed by atoms with Gasteiger partial charge in [0.1, 0.15) is 11.2 Å². The molecule has 4 nitrogen and oxygen atoms in total. The van der Waals surface area contributed by atoms with Crippen LogP contribution < -0.4 is 5.32 Å². The van der Waals surface area contributed by atoms with Crippen LogP contribution in [0.25, 0.3) is 21.9 Å². The van der Waals surface area contributed by atoms with Crippen molar-refractivity contribution in [2.24, 2.45) is 5.92 Å². The average molecular weight is 445 g/mol. The predicted molar refractivity (Wildman–Crippen MR) is 136 cm³/mol. The largest absolute Gasteiger partial charge is 0.464 e. The van der Waals surface area contributed by atoms with Crippen LogP contribution in [0.1, 0.15) is 43.7 Å². The number of fused-ring (bicyclic) bond motifs is 2. The number of nitrogens with zero attached hydrogens (tertiary/aromatic N) is 1. The van der Waals surface area contributed by atoms with Crippen molar-refractivity contribution in [1.82, 2.24) is 10.2 Å². The molecule has 0 bridgehead atoms. The van der Waals surface area contributed by atoms with E-state index in [0.717, 1.165) is 24.0 Å². The maximum absolute atomic E-state index is 5.54. The van der Waals surface area contributed by atoms with Crippen molar-refractivity contribution in [3.05, 3.63) is 72.2 Å². The lowest BCUT2D eigenvalue weighted by Gasteiger charge is -2.30. The second-order valence-electron chi connectivity index (χ2n) is 9.82. The molecule has 174 valence electrons. The molecule has 1 N–H and O–H groups in total. The lowest BCUT2D eigenvalue weighted by molar-refractivity contribution is 0.200. The van der Waals surface area contributed by atoms with E-state index in [1.54, 1.807) is 12.5 Å². The lowest BCUT2D eigenvalue weighted by atomic mass is 9.97. The zero-order valence-corrected chi connectivity index (χ0v) is 20.1. The number of furan rings is 2. The highest BCUT2D eigenvalue weighted by atomic mass is 16.3. The van der Waals surface area contributed by atoms with Gasteiger partial charge in [-0.25, -0.2) is 0 Å². The molecule has 4 heteroatoms. The van der Waals surface area contributed by atoms with Gasteiger partial charge in [-0.15, -0.1) is 0 Å². The van der Waals surface area contributed by atoms with Crippen LogP contribution in [0.2, 0.25) is 0 Å². The molecular formula is C29H36N2O2. The first-order chi connectivity index (χ1) is 16.2. The highest BCUT2D eigenvalue weighted by Crippen LogP contribution is 2.41. The molecule has 1 saturated carbocycles. The van der Waals surface area contributed by atoms with E-state index < -0.39 is 0 Å². The molecule has 0 aliphatic heterocycles. The molecule has 0 amide bonds. The number of unbranched alkanes of at least 4 members (excludes halogenated alkanes) is 1. The van der Waals surface area contributed by atoms with Crippen molar-refractivity contribution in [3.63, 3.8) is 0 Å². The van der Waals surface area contributed by atoms with E-state index >= 15 is 0 Å². The average Bonchev–Trinajstić information content (AvgIpc) is 3.24. The molecule has 0 spiro atoms. The van der Waals surface area contributed by atoms with Crippen LogP contribution >= 0.6 is 0 Å². The molecule has 33 heavy (non-hydrogen) atoms. The maximum atomic E-state index is 5.54. The van der Waals surface area contributed by atoms with Crippen molar-refractivity contribution in [2.75, 3.05) is 14.1 Å². The smallest absolute Gasteiger partial charge is 0.133 e. The summed E-state index contributed by atoms with van der Waals surface area (Å²) in [4.78, 5) is 2.68. The molecule has 0 radical (unpaired) electrons. The van der Waals surface area contributed by atoms with Crippen molar-refractivity contribution >= 4 is 21.9 Å². The summed E-state index contributed by atoms with van der Waals surface area (Å²) < 4.78 is 11.0. The van der Waals surface area contributed by atoms with Crippen LogP contribution in [0.5, 0.6) is 0 Å². The van der Waals surface area contributed by atoms with Crippen molar-refractivity contribution in [2.45, 2.75) is 63.6 Å². The quantitative estimate of drug-likeness (QED) is 0.289. The summed E-state index contributed by atoms with van der Waals surface area (Å²) in [5, 5.41) is 6.03. The molecular weight excluding hydrogens is 408 g/mol. The van der Waals surface area contributed by atoms with Crippen LogP contribution in [-0.4, -0.2) is 37.1 Å². The van der Waals surface area contributed by atoms with E-state index in [2.05, 4.69) is 79.8 Å². The summed E-state index contributed by atoms with van der Waals surface area (Å²) in [5.74, 6) is 0.695. The molecule has 5 rings (SSSR count). The molecule has 4 aromatic rings. The van der Waals surface area contributed by atoms with E-state index in [4.69, 9.17) is 8.83 Å². The third-order valence-electron chi connectivity index (χ3n) is 7.64. The highest BCUT2D eigenvalue weighted by Gasteiger charge is 2.46. The highest BCUT2D eigenvalue weighted by molar-refractivity contribution is 5.78. The number of benzene rings is 2. The summed E-state index contributed by atoms with van der Waals surface area (Å²) in [6.45, 7) is 2.29. The van der Waals surface area contributed by atoms with Crippen LogP contribution in [0.3, 0.4) is 0 Å². The number of rotatable bonds is 11. The molecule has 2 heterocycles. The number of hydrogen-bond donors (Lipinski definition) is 1. The Morgan fingerprint density at radius 1 is 0.939 bits per heavy atom. The predicted octanol–water partition coefficient (Wildman–Crippen LogP) is 6.43. The Morgan fingerprint density at radius 3 is 2.18 bits per heavy atom. The molecule has 1 aliphatic carbocycles. The topological polar surface area (TPSA) is 41.6 Å². The summed E-state index contributed by atoms with van der Waals surface area (Å²) in [6.07, 6.45) is 10.8. The number of nitrogens with one attached hydrogen (secondary N) is 1. The van der Waals surface area contributed by atoms with Gasteiger partial charge in [-0.2, -0.15) is 0 Å². The summed E-state index contributed by atoms with van der Waals surface area (Å²) in [7, 11) is 4.47. The van der Waals surface area contributed by atoms with Gasteiger partial charge in [-0.1, -0.05) is 31.9 Å². The van der Waals surface area contributed by atoms with E-state index in [1.165, 1.54) is 47.6 Å². The summed E-state index contributed by atoms with van der Waals surface area (Å²) >= 11 is 0. The van der Waals surface area contributed by atoms with Crippen LogP contribution in [-0.2, 0) is 12.8 Å². The monoisotopic (exact) mass is 444 g/mol. The van der Waals surface area contributed by atoms with Crippen LogP contribution in [0.15, 0.2) is 69.9 Å². The fourth-order valence-corrected chi connectivity index (χ4v) is 5.54. The van der Waals surface area contributed by atoms with Crippen LogP contribution in [0, 0.1) is 5.92 Å². The Morgan fingerprint density at radius 2 is 1.58 bits per heavy atom. The Kier molecular flexibility index (Phi) is 6.57. The Balaban J connectivity index is 1.26. The Hall–Kier alpha value is -2.56. The fourth-order valence-electron chi connectivity index (χ4n) is 5.54. The first-order valence-corrected chi connectivity index (χ1v) is 12.5. The van der Waals surface area contributed by atoms with E-state index in [9.17, 15) is 0 Å². The first kappa shape index (κ1) is 22.2.